The van der Waals surface area contributed by atoms with Crippen LogP contribution in [0.4, 0.5) is 0 Å². The molecule has 1 aliphatic heterocycles. The maximum absolute atomic E-state index is 12.3. The second-order valence-electron chi connectivity index (χ2n) is 6.87. The first kappa shape index (κ1) is 21.1. The largest absolute Gasteiger partial charge is 0.490 e. The quantitative estimate of drug-likeness (QED) is 0.519. The number of likely N-dealkylation sites (N-methyl/N-ethyl adjacent to an activating group) is 1. The molecule has 0 saturated heterocycles. The minimum atomic E-state index is -0.511. The number of benzene rings is 2. The maximum atomic E-state index is 12.3. The van der Waals surface area contributed by atoms with E-state index in [-0.39, 0.29) is 24.1 Å². The average molecular weight is 408 g/mol. The summed E-state index contributed by atoms with van der Waals surface area (Å²) in [5.41, 5.74) is 2.65. The monoisotopic (exact) mass is 408 g/mol. The van der Waals surface area contributed by atoms with Crippen molar-refractivity contribution >= 4 is 23.9 Å². The Balaban J connectivity index is 1.85. The zero-order valence-corrected chi connectivity index (χ0v) is 17.5. The predicted octanol–water partition coefficient (Wildman–Crippen LogP) is 3.21. The molecule has 156 valence electrons. The van der Waals surface area contributed by atoms with Crippen molar-refractivity contribution in [2.75, 3.05) is 27.3 Å². The molecule has 2 aromatic carbocycles. The van der Waals surface area contributed by atoms with Crippen LogP contribution in [0.2, 0.25) is 0 Å². The molecule has 30 heavy (non-hydrogen) atoms. The minimum Gasteiger partial charge on any atom is -0.490 e. The van der Waals surface area contributed by atoms with Crippen molar-refractivity contribution in [1.82, 2.24) is 4.90 Å². The van der Waals surface area contributed by atoms with Gasteiger partial charge in [-0.05, 0) is 49.2 Å². The second kappa shape index (κ2) is 9.26. The molecule has 0 radical (unpaired) electrons. The number of hydrogen-bond donors (Lipinski definition) is 0. The Morgan fingerprint density at radius 1 is 1.13 bits per heavy atom. The summed E-state index contributed by atoms with van der Waals surface area (Å²) in [5.74, 6) is 0.551. The maximum Gasteiger partial charge on any atom is 0.363 e. The van der Waals surface area contributed by atoms with Crippen molar-refractivity contribution in [1.29, 1.82) is 0 Å². The Morgan fingerprint density at radius 3 is 2.60 bits per heavy atom. The third kappa shape index (κ3) is 4.86. The van der Waals surface area contributed by atoms with Crippen LogP contribution in [0.5, 0.6) is 11.5 Å². The van der Waals surface area contributed by atoms with E-state index in [1.165, 1.54) is 4.90 Å². The van der Waals surface area contributed by atoms with Crippen molar-refractivity contribution in [2.24, 2.45) is 4.99 Å². The van der Waals surface area contributed by atoms with Gasteiger partial charge in [-0.25, -0.2) is 9.79 Å². The van der Waals surface area contributed by atoms with Crippen LogP contribution >= 0.6 is 0 Å². The number of ether oxygens (including phenoxy) is 3. The predicted molar refractivity (Wildman–Crippen MR) is 114 cm³/mol. The van der Waals surface area contributed by atoms with Gasteiger partial charge in [0.25, 0.3) is 5.91 Å². The molecule has 0 aliphatic carbocycles. The van der Waals surface area contributed by atoms with E-state index in [1.807, 2.05) is 38.1 Å². The first-order valence-electron chi connectivity index (χ1n) is 9.57. The Bertz CT molecular complexity index is 1020. The number of esters is 1. The van der Waals surface area contributed by atoms with Crippen LogP contribution in [-0.4, -0.2) is 50.0 Å². The minimum absolute atomic E-state index is 0.0933. The van der Waals surface area contributed by atoms with Gasteiger partial charge in [-0.3, -0.25) is 4.79 Å². The van der Waals surface area contributed by atoms with Gasteiger partial charge in [-0.1, -0.05) is 24.3 Å². The highest BCUT2D eigenvalue weighted by Gasteiger charge is 2.25. The van der Waals surface area contributed by atoms with Gasteiger partial charge in [0, 0.05) is 19.7 Å². The van der Waals surface area contributed by atoms with Crippen LogP contribution in [0.25, 0.3) is 6.08 Å². The molecule has 1 aliphatic rings. The van der Waals surface area contributed by atoms with E-state index in [1.54, 1.807) is 38.4 Å². The van der Waals surface area contributed by atoms with E-state index in [2.05, 4.69) is 4.99 Å². The molecule has 7 nitrogen and oxygen atoms in total. The zero-order chi connectivity index (χ0) is 21.7. The molecule has 1 heterocycles. The van der Waals surface area contributed by atoms with Crippen molar-refractivity contribution in [3.05, 3.63) is 64.9 Å². The number of rotatable bonds is 7. The number of nitrogens with zero attached hydrogens (tertiary/aromatic N) is 2. The molecular weight excluding hydrogens is 384 g/mol. The van der Waals surface area contributed by atoms with Crippen LogP contribution in [0.3, 0.4) is 0 Å². The highest BCUT2D eigenvalue weighted by Crippen LogP contribution is 2.30. The van der Waals surface area contributed by atoms with Crippen molar-refractivity contribution in [3.8, 4) is 11.5 Å². The smallest absolute Gasteiger partial charge is 0.363 e. The van der Waals surface area contributed by atoms with Crippen LogP contribution in [0.15, 0.2) is 53.2 Å². The third-order valence-electron chi connectivity index (χ3n) is 4.42. The molecule has 2 aromatic rings. The molecule has 3 rings (SSSR count). The lowest BCUT2D eigenvalue weighted by molar-refractivity contribution is -0.131. The Hall–Kier alpha value is -3.61. The fourth-order valence-electron chi connectivity index (χ4n) is 2.77. The van der Waals surface area contributed by atoms with E-state index in [4.69, 9.17) is 14.2 Å². The summed E-state index contributed by atoms with van der Waals surface area (Å²) < 4.78 is 16.6. The standard InChI is InChI=1S/C23H24N2O5/c1-5-28-20-13-16(10-11-19(20)29-14-21(26)25(3)4)12-18-23(27)30-22(24-18)17-9-7-6-8-15(17)2/h6-13H,5,14H2,1-4H3. The highest BCUT2D eigenvalue weighted by molar-refractivity contribution is 6.13. The molecule has 0 aromatic heterocycles. The fraction of sp³-hybridized carbons (Fsp3) is 0.261. The topological polar surface area (TPSA) is 77.4 Å². The van der Waals surface area contributed by atoms with Gasteiger partial charge >= 0.3 is 5.97 Å². The summed E-state index contributed by atoms with van der Waals surface area (Å²) in [6.45, 7) is 4.12. The van der Waals surface area contributed by atoms with Crippen LogP contribution in [0, 0.1) is 6.92 Å². The number of hydrogen-bond acceptors (Lipinski definition) is 6. The molecule has 0 saturated carbocycles. The van der Waals surface area contributed by atoms with Gasteiger partial charge in [0.2, 0.25) is 5.90 Å². The van der Waals surface area contributed by atoms with Crippen LogP contribution in [0.1, 0.15) is 23.6 Å². The first-order chi connectivity index (χ1) is 14.4. The van der Waals surface area contributed by atoms with Crippen molar-refractivity contribution in [2.45, 2.75) is 13.8 Å². The van der Waals surface area contributed by atoms with Gasteiger partial charge in [0.05, 0.1) is 6.61 Å². The van der Waals surface area contributed by atoms with E-state index in [0.717, 1.165) is 11.1 Å². The molecule has 0 fully saturated rings. The summed E-state index contributed by atoms with van der Waals surface area (Å²) in [7, 11) is 3.33. The lowest BCUT2D eigenvalue weighted by Crippen LogP contribution is -2.27. The number of cyclic esters (lactones) is 1. The van der Waals surface area contributed by atoms with E-state index in [0.29, 0.717) is 23.7 Å². The number of aryl methyl sites for hydroxylation is 1. The van der Waals surface area contributed by atoms with Crippen LogP contribution in [-0.2, 0) is 14.3 Å². The lowest BCUT2D eigenvalue weighted by atomic mass is 10.1. The Kier molecular flexibility index (Phi) is 6.51. The van der Waals surface area contributed by atoms with Gasteiger partial charge in [-0.2, -0.15) is 0 Å². The SMILES string of the molecule is CCOc1cc(C=C2N=C(c3ccccc3C)OC2=O)ccc1OCC(=O)N(C)C. The molecule has 0 atom stereocenters. The lowest BCUT2D eigenvalue weighted by Gasteiger charge is -2.14. The summed E-state index contributed by atoms with van der Waals surface area (Å²) in [6, 6.07) is 12.8. The van der Waals surface area contributed by atoms with Crippen LogP contribution < -0.4 is 9.47 Å². The van der Waals surface area contributed by atoms with Gasteiger partial charge < -0.3 is 19.1 Å². The molecule has 0 spiro atoms. The normalized spacial score (nSPS) is 14.3. The highest BCUT2D eigenvalue weighted by atomic mass is 16.6. The average Bonchev–Trinajstić information content (AvgIpc) is 3.07. The Labute approximate surface area is 175 Å². The summed E-state index contributed by atoms with van der Waals surface area (Å²) >= 11 is 0. The van der Waals surface area contributed by atoms with Gasteiger partial charge in [0.1, 0.15) is 0 Å². The Morgan fingerprint density at radius 2 is 1.90 bits per heavy atom. The molecule has 0 N–H and O–H groups in total. The summed E-state index contributed by atoms with van der Waals surface area (Å²) in [4.78, 5) is 29.9. The molecular formula is C23H24N2O5. The summed E-state index contributed by atoms with van der Waals surface area (Å²) in [5, 5.41) is 0. The molecule has 0 bridgehead atoms. The number of carbonyl (C=O) groups is 2. The number of aliphatic imine (C=N–C) groups is 1. The van der Waals surface area contributed by atoms with E-state index in [9.17, 15) is 9.59 Å². The van der Waals surface area contributed by atoms with Crippen molar-refractivity contribution in [3.63, 3.8) is 0 Å². The van der Waals surface area contributed by atoms with Crippen molar-refractivity contribution < 1.29 is 23.8 Å². The molecule has 7 heteroatoms. The second-order valence-corrected chi connectivity index (χ2v) is 6.87. The van der Waals surface area contributed by atoms with Gasteiger partial charge in [0.15, 0.2) is 23.8 Å². The first-order valence-corrected chi connectivity index (χ1v) is 9.57. The van der Waals surface area contributed by atoms with Gasteiger partial charge in [-0.15, -0.1) is 0 Å². The van der Waals surface area contributed by atoms with E-state index < -0.39 is 5.97 Å². The zero-order valence-electron chi connectivity index (χ0n) is 17.5. The fourth-order valence-corrected chi connectivity index (χ4v) is 2.77. The molecule has 1 amide bonds. The van der Waals surface area contributed by atoms with E-state index >= 15 is 0 Å². The number of amides is 1. The molecule has 0 unspecified atom stereocenters. The third-order valence-corrected chi connectivity index (χ3v) is 4.42. The number of carbonyl (C=O) groups excluding carboxylic acids is 2. The summed E-state index contributed by atoms with van der Waals surface area (Å²) in [6.07, 6.45) is 1.63.